The van der Waals surface area contributed by atoms with Crippen molar-refractivity contribution in [1.82, 2.24) is 4.98 Å². The number of fused-ring (bicyclic) bond motifs is 1. The molecule has 2 aromatic carbocycles. The number of ether oxygens (including phenoxy) is 2. The van der Waals surface area contributed by atoms with Gasteiger partial charge in [-0.3, -0.25) is 10.1 Å². The van der Waals surface area contributed by atoms with Crippen LogP contribution in [0, 0.1) is 0 Å². The molecule has 0 aliphatic rings. The Balaban J connectivity index is 1.40. The van der Waals surface area contributed by atoms with Crippen LogP contribution in [0.2, 0.25) is 0 Å². The average Bonchev–Trinajstić information content (AvgIpc) is 3.43. The van der Waals surface area contributed by atoms with E-state index in [4.69, 9.17) is 13.9 Å². The molecular formula is C24H24N2O4S. The first-order chi connectivity index (χ1) is 15.2. The first-order valence-corrected chi connectivity index (χ1v) is 11.1. The van der Waals surface area contributed by atoms with Crippen molar-refractivity contribution in [2.75, 3.05) is 19.0 Å². The number of rotatable bonds is 9. The third kappa shape index (κ3) is 5.06. The molecule has 1 amide bonds. The first kappa shape index (κ1) is 20.9. The minimum absolute atomic E-state index is 0.215. The number of carbonyl (C=O) groups is 1. The molecule has 0 spiro atoms. The van der Waals surface area contributed by atoms with E-state index in [-0.39, 0.29) is 5.91 Å². The SMILES string of the molecule is CCCCCOc1ccc(C(=O)Nc2nc(-c3cc4ccc(OC)cc4o3)cs2)cc1. The van der Waals surface area contributed by atoms with Gasteiger partial charge in [-0.25, -0.2) is 4.98 Å². The molecule has 31 heavy (non-hydrogen) atoms. The summed E-state index contributed by atoms with van der Waals surface area (Å²) in [6, 6.07) is 14.7. The highest BCUT2D eigenvalue weighted by Crippen LogP contribution is 2.32. The van der Waals surface area contributed by atoms with Gasteiger partial charge in [-0.15, -0.1) is 11.3 Å². The van der Waals surface area contributed by atoms with E-state index < -0.39 is 0 Å². The minimum atomic E-state index is -0.215. The highest BCUT2D eigenvalue weighted by Gasteiger charge is 2.13. The van der Waals surface area contributed by atoms with Crippen LogP contribution in [0.4, 0.5) is 5.13 Å². The maximum absolute atomic E-state index is 12.6. The fourth-order valence-electron chi connectivity index (χ4n) is 3.12. The Morgan fingerprint density at radius 3 is 2.68 bits per heavy atom. The predicted octanol–water partition coefficient (Wildman–Crippen LogP) is 6.39. The van der Waals surface area contributed by atoms with Crippen LogP contribution >= 0.6 is 11.3 Å². The molecule has 6 nitrogen and oxygen atoms in total. The standard InChI is InChI=1S/C24H24N2O4S/c1-3-4-5-12-29-18-9-6-16(7-10-18)23(27)26-24-25-20(15-31-24)22-13-17-8-11-19(28-2)14-21(17)30-22/h6-11,13-15H,3-5,12H2,1-2H3,(H,25,26,27). The van der Waals surface area contributed by atoms with Crippen LogP contribution in [0.1, 0.15) is 36.5 Å². The van der Waals surface area contributed by atoms with Gasteiger partial charge in [0.1, 0.15) is 22.8 Å². The lowest BCUT2D eigenvalue weighted by atomic mass is 10.2. The number of hydrogen-bond donors (Lipinski definition) is 1. The van der Waals surface area contributed by atoms with Gasteiger partial charge in [-0.2, -0.15) is 0 Å². The summed E-state index contributed by atoms with van der Waals surface area (Å²) in [4.78, 5) is 17.1. The minimum Gasteiger partial charge on any atom is -0.497 e. The van der Waals surface area contributed by atoms with E-state index in [9.17, 15) is 4.79 Å². The van der Waals surface area contributed by atoms with Crippen molar-refractivity contribution < 1.29 is 18.7 Å². The van der Waals surface area contributed by atoms with E-state index in [1.807, 2.05) is 41.8 Å². The predicted molar refractivity (Wildman–Crippen MR) is 123 cm³/mol. The molecule has 0 aliphatic heterocycles. The molecular weight excluding hydrogens is 412 g/mol. The number of nitrogens with zero attached hydrogens (tertiary/aromatic N) is 1. The molecule has 0 saturated heterocycles. The number of hydrogen-bond acceptors (Lipinski definition) is 6. The number of unbranched alkanes of at least 4 members (excludes halogenated alkanes) is 2. The van der Waals surface area contributed by atoms with Gasteiger partial charge < -0.3 is 13.9 Å². The Kier molecular flexibility index (Phi) is 6.52. The van der Waals surface area contributed by atoms with Crippen molar-refractivity contribution in [3.63, 3.8) is 0 Å². The largest absolute Gasteiger partial charge is 0.497 e. The van der Waals surface area contributed by atoms with Crippen molar-refractivity contribution in [2.45, 2.75) is 26.2 Å². The molecule has 0 saturated carbocycles. The Morgan fingerprint density at radius 1 is 1.10 bits per heavy atom. The summed E-state index contributed by atoms with van der Waals surface area (Å²) in [7, 11) is 1.62. The zero-order valence-electron chi connectivity index (χ0n) is 17.5. The lowest BCUT2D eigenvalue weighted by molar-refractivity contribution is 0.102. The number of methoxy groups -OCH3 is 1. The fourth-order valence-corrected chi connectivity index (χ4v) is 3.82. The summed E-state index contributed by atoms with van der Waals surface area (Å²) in [5.41, 5.74) is 1.95. The van der Waals surface area contributed by atoms with Gasteiger partial charge in [0.05, 0.1) is 13.7 Å². The second kappa shape index (κ2) is 9.66. The van der Waals surface area contributed by atoms with Crippen LogP contribution in [-0.2, 0) is 0 Å². The summed E-state index contributed by atoms with van der Waals surface area (Å²) >= 11 is 1.35. The van der Waals surface area contributed by atoms with Crippen LogP contribution in [-0.4, -0.2) is 24.6 Å². The smallest absolute Gasteiger partial charge is 0.257 e. The summed E-state index contributed by atoms with van der Waals surface area (Å²) in [6.45, 7) is 2.85. The lowest BCUT2D eigenvalue weighted by Crippen LogP contribution is -2.11. The zero-order valence-corrected chi connectivity index (χ0v) is 18.3. The van der Waals surface area contributed by atoms with Crippen LogP contribution in [0.25, 0.3) is 22.4 Å². The number of benzene rings is 2. The molecule has 0 unspecified atom stereocenters. The van der Waals surface area contributed by atoms with Gasteiger partial charge in [-0.1, -0.05) is 19.8 Å². The van der Waals surface area contributed by atoms with Crippen molar-refractivity contribution >= 4 is 33.3 Å². The molecule has 2 aromatic heterocycles. The van der Waals surface area contributed by atoms with Crippen molar-refractivity contribution in [2.24, 2.45) is 0 Å². The number of furan rings is 1. The molecule has 0 atom stereocenters. The Hall–Kier alpha value is -3.32. The highest BCUT2D eigenvalue weighted by molar-refractivity contribution is 7.14. The monoisotopic (exact) mass is 436 g/mol. The third-order valence-electron chi connectivity index (χ3n) is 4.84. The molecule has 4 aromatic rings. The topological polar surface area (TPSA) is 73.6 Å². The number of aromatic nitrogens is 1. The summed E-state index contributed by atoms with van der Waals surface area (Å²) in [6.07, 6.45) is 3.34. The summed E-state index contributed by atoms with van der Waals surface area (Å²) < 4.78 is 16.8. The van der Waals surface area contributed by atoms with Gasteiger partial charge in [0.2, 0.25) is 0 Å². The van der Waals surface area contributed by atoms with Gasteiger partial charge in [-0.05, 0) is 48.9 Å². The van der Waals surface area contributed by atoms with Gasteiger partial charge in [0, 0.05) is 22.4 Å². The van der Waals surface area contributed by atoms with Gasteiger partial charge >= 0.3 is 0 Å². The average molecular weight is 437 g/mol. The van der Waals surface area contributed by atoms with Crippen LogP contribution in [0.3, 0.4) is 0 Å². The summed E-state index contributed by atoms with van der Waals surface area (Å²) in [5.74, 6) is 1.93. The van der Waals surface area contributed by atoms with E-state index in [1.165, 1.54) is 11.3 Å². The highest BCUT2D eigenvalue weighted by atomic mass is 32.1. The number of amides is 1. The van der Waals surface area contributed by atoms with E-state index in [0.717, 1.165) is 41.7 Å². The Labute approximate surface area is 184 Å². The molecule has 4 rings (SSSR count). The van der Waals surface area contributed by atoms with E-state index in [1.54, 1.807) is 19.2 Å². The molecule has 0 radical (unpaired) electrons. The van der Waals surface area contributed by atoms with Gasteiger partial charge in [0.15, 0.2) is 10.9 Å². The second-order valence-electron chi connectivity index (χ2n) is 7.09. The number of anilines is 1. The quantitative estimate of drug-likeness (QED) is 0.308. The van der Waals surface area contributed by atoms with E-state index in [2.05, 4.69) is 17.2 Å². The molecule has 0 aliphatic carbocycles. The van der Waals surface area contributed by atoms with Crippen molar-refractivity contribution in [3.05, 3.63) is 59.5 Å². The van der Waals surface area contributed by atoms with E-state index >= 15 is 0 Å². The van der Waals surface area contributed by atoms with Crippen LogP contribution < -0.4 is 14.8 Å². The van der Waals surface area contributed by atoms with Gasteiger partial charge in [0.25, 0.3) is 5.91 Å². The normalized spacial score (nSPS) is 10.9. The Bertz CT molecular complexity index is 1160. The fraction of sp³-hybridized carbons (Fsp3) is 0.250. The number of thiazole rings is 1. The molecule has 2 heterocycles. The van der Waals surface area contributed by atoms with Crippen molar-refractivity contribution in [1.29, 1.82) is 0 Å². The Morgan fingerprint density at radius 2 is 1.90 bits per heavy atom. The first-order valence-electron chi connectivity index (χ1n) is 10.2. The number of nitrogens with one attached hydrogen (secondary N) is 1. The molecule has 1 N–H and O–H groups in total. The zero-order chi connectivity index (χ0) is 21.6. The lowest BCUT2D eigenvalue weighted by Gasteiger charge is -2.06. The molecule has 0 fully saturated rings. The third-order valence-corrected chi connectivity index (χ3v) is 5.60. The van der Waals surface area contributed by atoms with Crippen molar-refractivity contribution in [3.8, 4) is 23.0 Å². The van der Waals surface area contributed by atoms with Crippen LogP contribution in [0.5, 0.6) is 11.5 Å². The molecule has 0 bridgehead atoms. The molecule has 7 heteroatoms. The maximum Gasteiger partial charge on any atom is 0.257 e. The summed E-state index contributed by atoms with van der Waals surface area (Å²) in [5, 5.41) is 6.18. The van der Waals surface area contributed by atoms with E-state index in [0.29, 0.717) is 28.8 Å². The maximum atomic E-state index is 12.6. The van der Waals surface area contributed by atoms with Crippen LogP contribution in [0.15, 0.2) is 58.3 Å². The number of carbonyl (C=O) groups excluding carboxylic acids is 1. The molecule has 160 valence electrons. The second-order valence-corrected chi connectivity index (χ2v) is 7.94.